The normalized spacial score (nSPS) is 32.8. The van der Waals surface area contributed by atoms with E-state index in [1.54, 1.807) is 20.1 Å². The highest BCUT2D eigenvalue weighted by Crippen LogP contribution is 2.37. The number of esters is 2. The first-order chi connectivity index (χ1) is 22.1. The van der Waals surface area contributed by atoms with Gasteiger partial charge < -0.3 is 33.6 Å². The Balaban J connectivity index is 2.31. The van der Waals surface area contributed by atoms with E-state index in [1.165, 1.54) is 6.92 Å². The van der Waals surface area contributed by atoms with Crippen LogP contribution in [0.3, 0.4) is 0 Å². The number of carbonyl (C=O) groups is 2. The second-order valence-corrected chi connectivity index (χ2v) is 18.7. The molecule has 0 aromatic carbocycles. The first-order valence-corrected chi connectivity index (χ1v) is 20.3. The Labute approximate surface area is 285 Å². The van der Waals surface area contributed by atoms with Gasteiger partial charge in [0.2, 0.25) is 0 Å². The number of aliphatic hydroxyl groups is 2. The molecule has 11 atom stereocenters. The predicted octanol–water partition coefficient (Wildman–Crippen LogP) is 6.68. The van der Waals surface area contributed by atoms with Crippen molar-refractivity contribution < 1.29 is 43.2 Å². The molecule has 11 unspecified atom stereocenters. The number of hydrogen-bond donors (Lipinski definition) is 2. The van der Waals surface area contributed by atoms with Crippen molar-refractivity contribution in [2.75, 3.05) is 7.11 Å². The molecule has 0 saturated carbocycles. The molecule has 1 fully saturated rings. The molecule has 10 heteroatoms. The van der Waals surface area contributed by atoms with Gasteiger partial charge in [0, 0.05) is 31.8 Å². The number of epoxide rings is 1. The number of ether oxygens (including phenoxy) is 4. The summed E-state index contributed by atoms with van der Waals surface area (Å²) in [5.41, 5.74) is -0.539. The van der Waals surface area contributed by atoms with Crippen LogP contribution in [-0.2, 0) is 33.0 Å². The van der Waals surface area contributed by atoms with E-state index in [2.05, 4.69) is 34.6 Å². The van der Waals surface area contributed by atoms with Crippen molar-refractivity contribution in [2.45, 2.75) is 161 Å². The third kappa shape index (κ3) is 11.9. The number of carbonyl (C=O) groups excluding carboxylic acids is 2. The van der Waals surface area contributed by atoms with Gasteiger partial charge in [0.25, 0.3) is 0 Å². The molecule has 9 nitrogen and oxygen atoms in total. The third-order valence-electron chi connectivity index (χ3n) is 10.4. The fourth-order valence-electron chi connectivity index (χ4n) is 6.76. The molecule has 270 valence electrons. The standard InChI is InChI=1S/C37H64O9Si/c1-12-30(42-11)27(8)35-36(45-35)33(40)24(5)17-16-18-25(6)34-26(7)19-20-31(43-28(9)38)37(10,41)22-21-29(23-32(39)44-34)46-47(13-2,14-3)15-4/h16-20,24,26-27,29-31,33-36,40-41H,12-15,21-23H2,1-11H3/b17-16+,20-19+,25-18+. The fraction of sp³-hybridized carbons (Fsp3) is 0.784. The van der Waals surface area contributed by atoms with Crippen LogP contribution in [-0.4, -0.2) is 85.9 Å². The molecular formula is C37H64O9Si. The summed E-state index contributed by atoms with van der Waals surface area (Å²) in [4.78, 5) is 25.5. The van der Waals surface area contributed by atoms with Crippen LogP contribution < -0.4 is 0 Å². The van der Waals surface area contributed by atoms with Crippen LogP contribution in [0.1, 0.15) is 94.9 Å². The zero-order valence-electron chi connectivity index (χ0n) is 30.9. The molecular weight excluding hydrogens is 616 g/mol. The van der Waals surface area contributed by atoms with Gasteiger partial charge in [-0.1, -0.05) is 72.8 Å². The van der Waals surface area contributed by atoms with Gasteiger partial charge in [0.15, 0.2) is 8.32 Å². The first kappa shape index (κ1) is 41.3. The summed E-state index contributed by atoms with van der Waals surface area (Å²) in [6, 6.07) is 2.79. The van der Waals surface area contributed by atoms with Crippen LogP contribution in [0.2, 0.25) is 18.1 Å². The maximum absolute atomic E-state index is 13.5. The quantitative estimate of drug-likeness (QED) is 0.0641. The molecule has 2 heterocycles. The highest BCUT2D eigenvalue weighted by atomic mass is 28.4. The van der Waals surface area contributed by atoms with Crippen LogP contribution >= 0.6 is 0 Å². The van der Waals surface area contributed by atoms with E-state index in [-0.39, 0.29) is 54.9 Å². The second-order valence-electron chi connectivity index (χ2n) is 14.0. The molecule has 0 spiro atoms. The third-order valence-corrected chi connectivity index (χ3v) is 15.1. The van der Waals surface area contributed by atoms with Gasteiger partial charge in [-0.25, -0.2) is 0 Å². The summed E-state index contributed by atoms with van der Waals surface area (Å²) >= 11 is 0. The Morgan fingerprint density at radius 1 is 1.13 bits per heavy atom. The van der Waals surface area contributed by atoms with Crippen LogP contribution in [0.15, 0.2) is 36.0 Å². The molecule has 0 aromatic heterocycles. The van der Waals surface area contributed by atoms with Crippen LogP contribution in [0, 0.1) is 17.8 Å². The topological polar surface area (TPSA) is 124 Å². The number of hydrogen-bond acceptors (Lipinski definition) is 9. The average molecular weight is 681 g/mol. The summed E-state index contributed by atoms with van der Waals surface area (Å²) < 4.78 is 29.9. The van der Waals surface area contributed by atoms with Crippen molar-refractivity contribution in [3.05, 3.63) is 36.0 Å². The summed E-state index contributed by atoms with van der Waals surface area (Å²) in [6.07, 6.45) is 8.21. The molecule has 0 aromatic rings. The molecule has 0 bridgehead atoms. The Bertz CT molecular complexity index is 1070. The Hall–Kier alpha value is -1.82. The van der Waals surface area contributed by atoms with E-state index in [4.69, 9.17) is 23.4 Å². The molecule has 0 radical (unpaired) electrons. The van der Waals surface area contributed by atoms with Crippen LogP contribution in [0.25, 0.3) is 0 Å². The maximum Gasteiger partial charge on any atom is 0.308 e. The zero-order chi connectivity index (χ0) is 35.5. The van der Waals surface area contributed by atoms with Crippen LogP contribution in [0.5, 0.6) is 0 Å². The summed E-state index contributed by atoms with van der Waals surface area (Å²) in [5.74, 6) is -1.10. The lowest BCUT2D eigenvalue weighted by molar-refractivity contribution is -0.157. The van der Waals surface area contributed by atoms with Crippen molar-refractivity contribution in [3.8, 4) is 0 Å². The van der Waals surface area contributed by atoms with E-state index < -0.39 is 44.3 Å². The fourth-order valence-corrected chi connectivity index (χ4v) is 9.67. The smallest absolute Gasteiger partial charge is 0.308 e. The molecule has 2 aliphatic rings. The highest BCUT2D eigenvalue weighted by molar-refractivity contribution is 6.73. The number of allylic oxidation sites excluding steroid dienone is 2. The summed E-state index contributed by atoms with van der Waals surface area (Å²) in [6.45, 7) is 19.4. The lowest BCUT2D eigenvalue weighted by atomic mass is 9.88. The van der Waals surface area contributed by atoms with Gasteiger partial charge >= 0.3 is 11.9 Å². The number of methoxy groups -OCH3 is 1. The predicted molar refractivity (Wildman–Crippen MR) is 187 cm³/mol. The zero-order valence-corrected chi connectivity index (χ0v) is 31.9. The van der Waals surface area contributed by atoms with E-state index in [1.807, 2.05) is 45.1 Å². The maximum atomic E-state index is 13.5. The van der Waals surface area contributed by atoms with Crippen LogP contribution in [0.4, 0.5) is 0 Å². The molecule has 2 aliphatic heterocycles. The van der Waals surface area contributed by atoms with E-state index in [0.717, 1.165) is 30.1 Å². The highest BCUT2D eigenvalue weighted by Gasteiger charge is 2.50. The van der Waals surface area contributed by atoms with Crippen molar-refractivity contribution in [2.24, 2.45) is 17.8 Å². The van der Waals surface area contributed by atoms with E-state index in [9.17, 15) is 19.8 Å². The molecule has 0 aliphatic carbocycles. The molecule has 1 saturated heterocycles. The lowest BCUT2D eigenvalue weighted by Crippen LogP contribution is -2.45. The monoisotopic (exact) mass is 680 g/mol. The minimum absolute atomic E-state index is 0.0320. The summed E-state index contributed by atoms with van der Waals surface area (Å²) in [7, 11) is -0.365. The van der Waals surface area contributed by atoms with Gasteiger partial charge in [-0.05, 0) is 62.9 Å². The van der Waals surface area contributed by atoms with Gasteiger partial charge in [-0.2, -0.15) is 0 Å². The van der Waals surface area contributed by atoms with Gasteiger partial charge in [-0.3, -0.25) is 9.59 Å². The molecule has 47 heavy (non-hydrogen) atoms. The van der Waals surface area contributed by atoms with E-state index >= 15 is 0 Å². The van der Waals surface area contributed by atoms with Gasteiger partial charge in [-0.15, -0.1) is 0 Å². The molecule has 2 N–H and O–H groups in total. The van der Waals surface area contributed by atoms with Gasteiger partial charge in [0.1, 0.15) is 23.9 Å². The number of cyclic esters (lactones) is 1. The Morgan fingerprint density at radius 3 is 2.32 bits per heavy atom. The SMILES string of the molecule is CCC(OC)C(C)C1OC1C(O)C(C)/C=C/C=C(\C)C1OC(=O)CC(O[Si](CC)(CC)CC)CCC(C)(O)C(OC(C)=O)/C=C/C1C. The van der Waals surface area contributed by atoms with Crippen molar-refractivity contribution in [3.63, 3.8) is 0 Å². The van der Waals surface area contributed by atoms with Crippen molar-refractivity contribution in [1.82, 2.24) is 0 Å². The minimum atomic E-state index is -2.07. The number of aliphatic hydroxyl groups excluding tert-OH is 1. The van der Waals surface area contributed by atoms with Crippen molar-refractivity contribution >= 4 is 20.3 Å². The number of rotatable bonds is 15. The second kappa shape index (κ2) is 18.8. The first-order valence-electron chi connectivity index (χ1n) is 17.7. The minimum Gasteiger partial charge on any atom is -0.457 e. The molecule has 0 amide bonds. The summed E-state index contributed by atoms with van der Waals surface area (Å²) in [5, 5.41) is 22.5. The molecule has 2 rings (SSSR count). The van der Waals surface area contributed by atoms with Gasteiger partial charge in [0.05, 0.1) is 30.8 Å². The average Bonchev–Trinajstić information content (AvgIpc) is 3.83. The Morgan fingerprint density at radius 2 is 1.77 bits per heavy atom. The Kier molecular flexibility index (Phi) is 16.5. The van der Waals surface area contributed by atoms with E-state index in [0.29, 0.717) is 6.42 Å². The lowest BCUT2D eigenvalue weighted by Gasteiger charge is -2.36. The largest absolute Gasteiger partial charge is 0.457 e. The van der Waals surface area contributed by atoms with Crippen molar-refractivity contribution in [1.29, 1.82) is 0 Å².